The van der Waals surface area contributed by atoms with Gasteiger partial charge in [0, 0.05) is 27.2 Å². The maximum absolute atomic E-state index is 13.8. The second-order valence-corrected chi connectivity index (χ2v) is 19.1. The Morgan fingerprint density at radius 3 is 2.46 bits per heavy atom. The highest BCUT2D eigenvalue weighted by Gasteiger charge is 2.45. The summed E-state index contributed by atoms with van der Waals surface area (Å²) >= 11 is 0. The van der Waals surface area contributed by atoms with Gasteiger partial charge in [-0.15, -0.1) is 0 Å². The molecule has 0 spiro atoms. The van der Waals surface area contributed by atoms with Gasteiger partial charge in [0.25, 0.3) is 0 Å². The van der Waals surface area contributed by atoms with Gasteiger partial charge in [0.15, 0.2) is 12.6 Å². The van der Waals surface area contributed by atoms with E-state index in [0.717, 1.165) is 6.04 Å². The van der Waals surface area contributed by atoms with Crippen LogP contribution < -0.4 is 9.47 Å². The third kappa shape index (κ3) is 9.78. The molecule has 5 atom stereocenters. The van der Waals surface area contributed by atoms with Gasteiger partial charge in [-0.2, -0.15) is 0 Å². The molecular formula is C36H48O9Si. The van der Waals surface area contributed by atoms with Crippen molar-refractivity contribution in [3.63, 3.8) is 0 Å². The molecule has 0 aliphatic carbocycles. The SMILES string of the molecule is COCOc1cc(OCC[Si](C)(C)C)cc2c1C(=O)O[C@@H](C)[C@H](C)/C=C\C(OC(=O)c1ccccc1)C1OC(C)(C)O[C@H]1C/C=C/2. The largest absolute Gasteiger partial charge is 0.494 e. The van der Waals surface area contributed by atoms with Gasteiger partial charge in [-0.3, -0.25) is 0 Å². The van der Waals surface area contributed by atoms with Gasteiger partial charge >= 0.3 is 11.9 Å². The Hall–Kier alpha value is -3.44. The highest BCUT2D eigenvalue weighted by molar-refractivity contribution is 6.76. The van der Waals surface area contributed by atoms with Crippen molar-refractivity contribution in [3.8, 4) is 11.5 Å². The van der Waals surface area contributed by atoms with E-state index >= 15 is 0 Å². The summed E-state index contributed by atoms with van der Waals surface area (Å²) < 4.78 is 41.9. The van der Waals surface area contributed by atoms with Crippen LogP contribution in [-0.4, -0.2) is 70.7 Å². The van der Waals surface area contributed by atoms with Crippen molar-refractivity contribution >= 4 is 26.1 Å². The van der Waals surface area contributed by atoms with E-state index in [1.165, 1.54) is 7.11 Å². The first kappa shape index (κ1) is 35.4. The van der Waals surface area contributed by atoms with E-state index in [9.17, 15) is 9.59 Å². The summed E-state index contributed by atoms with van der Waals surface area (Å²) in [6, 6.07) is 13.4. The van der Waals surface area contributed by atoms with E-state index < -0.39 is 50.2 Å². The molecule has 0 bridgehead atoms. The molecular weight excluding hydrogens is 604 g/mol. The number of methoxy groups -OCH3 is 1. The molecule has 2 aliphatic heterocycles. The van der Waals surface area contributed by atoms with E-state index in [0.29, 0.717) is 35.7 Å². The second-order valence-electron chi connectivity index (χ2n) is 13.5. The summed E-state index contributed by atoms with van der Waals surface area (Å²) in [6.07, 6.45) is 5.54. The molecule has 2 aromatic carbocycles. The number of carbonyl (C=O) groups excluding carboxylic acids is 2. The summed E-state index contributed by atoms with van der Waals surface area (Å²) in [5, 5.41) is 0. The Bertz CT molecular complexity index is 1400. The van der Waals surface area contributed by atoms with Crippen molar-refractivity contribution in [1.29, 1.82) is 0 Å². The van der Waals surface area contributed by atoms with Crippen LogP contribution in [0.4, 0.5) is 0 Å². The van der Waals surface area contributed by atoms with E-state index in [4.69, 9.17) is 33.2 Å². The third-order valence-corrected chi connectivity index (χ3v) is 9.57. The molecule has 1 fully saturated rings. The predicted octanol–water partition coefficient (Wildman–Crippen LogP) is 7.29. The summed E-state index contributed by atoms with van der Waals surface area (Å²) in [5.41, 5.74) is 1.29. The average molecular weight is 653 g/mol. The van der Waals surface area contributed by atoms with E-state index in [-0.39, 0.29) is 18.3 Å². The standard InChI is InChI=1S/C36H48O9Si/c1-24-17-18-29(43-34(37)26-13-10-9-11-14-26)33-30(44-36(3,4)45-33)16-12-15-27-21-28(40-19-20-46(6,7)8)22-31(41-23-39-5)32(27)35(38)42-25(24)2/h9-15,17-18,21-22,24-25,29-30,33H,16,19-20,23H2,1-8H3/b15-12+,18-17-/t24-,25+,29?,30+,33?/m1/s1. The molecule has 250 valence electrons. The van der Waals surface area contributed by atoms with Crippen molar-refractivity contribution < 1.29 is 42.7 Å². The molecule has 2 aliphatic rings. The summed E-state index contributed by atoms with van der Waals surface area (Å²) in [7, 11) is 0.189. The predicted molar refractivity (Wildman–Crippen MR) is 179 cm³/mol. The fourth-order valence-corrected chi connectivity index (χ4v) is 5.88. The molecule has 0 radical (unpaired) electrons. The summed E-state index contributed by atoms with van der Waals surface area (Å²) in [5.74, 6) is -1.24. The van der Waals surface area contributed by atoms with Crippen LogP contribution in [0.5, 0.6) is 11.5 Å². The topological polar surface area (TPSA) is 98.8 Å². The number of fused-ring (bicyclic) bond motifs is 2. The summed E-state index contributed by atoms with van der Waals surface area (Å²) in [6.45, 7) is 14.8. The molecule has 2 heterocycles. The first-order valence-corrected chi connectivity index (χ1v) is 19.6. The molecule has 0 amide bonds. The fourth-order valence-electron chi connectivity index (χ4n) is 5.17. The highest BCUT2D eigenvalue weighted by Crippen LogP contribution is 2.36. The van der Waals surface area contributed by atoms with Crippen molar-refractivity contribution in [2.75, 3.05) is 20.5 Å². The lowest BCUT2D eigenvalue weighted by molar-refractivity contribution is -0.152. The van der Waals surface area contributed by atoms with Crippen LogP contribution in [-0.2, 0) is 23.7 Å². The van der Waals surface area contributed by atoms with Crippen LogP contribution in [0.25, 0.3) is 6.08 Å². The van der Waals surface area contributed by atoms with Crippen LogP contribution in [0.15, 0.2) is 60.7 Å². The minimum atomic E-state index is -1.33. The average Bonchev–Trinajstić information content (AvgIpc) is 3.30. The lowest BCUT2D eigenvalue weighted by Gasteiger charge is -2.26. The molecule has 2 aromatic rings. The van der Waals surface area contributed by atoms with Gasteiger partial charge in [0.05, 0.1) is 18.3 Å². The zero-order valence-electron chi connectivity index (χ0n) is 28.2. The molecule has 2 unspecified atom stereocenters. The van der Waals surface area contributed by atoms with Crippen molar-refractivity contribution in [3.05, 3.63) is 77.4 Å². The molecule has 4 rings (SSSR count). The molecule has 1 saturated heterocycles. The zero-order valence-corrected chi connectivity index (χ0v) is 29.2. The van der Waals surface area contributed by atoms with Crippen molar-refractivity contribution in [2.24, 2.45) is 5.92 Å². The molecule has 0 aromatic heterocycles. The van der Waals surface area contributed by atoms with Crippen LogP contribution in [0.3, 0.4) is 0 Å². The number of carbonyl (C=O) groups is 2. The normalized spacial score (nSPS) is 26.1. The first-order chi connectivity index (χ1) is 21.8. The quantitative estimate of drug-likeness (QED) is 0.120. The second kappa shape index (κ2) is 15.4. The van der Waals surface area contributed by atoms with Gasteiger partial charge in [0.1, 0.15) is 35.4 Å². The molecule has 46 heavy (non-hydrogen) atoms. The first-order valence-electron chi connectivity index (χ1n) is 15.9. The van der Waals surface area contributed by atoms with E-state index in [2.05, 4.69) is 19.6 Å². The minimum absolute atomic E-state index is 0.0520. The Kier molecular flexibility index (Phi) is 11.9. The maximum atomic E-state index is 13.8. The van der Waals surface area contributed by atoms with E-state index in [1.54, 1.807) is 36.4 Å². The summed E-state index contributed by atoms with van der Waals surface area (Å²) in [4.78, 5) is 26.9. The van der Waals surface area contributed by atoms with Crippen molar-refractivity contribution in [1.82, 2.24) is 0 Å². The monoisotopic (exact) mass is 652 g/mol. The van der Waals surface area contributed by atoms with Crippen LogP contribution >= 0.6 is 0 Å². The maximum Gasteiger partial charge on any atom is 0.342 e. The number of cyclic esters (lactones) is 1. The van der Waals surface area contributed by atoms with Crippen LogP contribution in [0.2, 0.25) is 25.7 Å². The molecule has 10 heteroatoms. The zero-order chi connectivity index (χ0) is 33.5. The smallest absolute Gasteiger partial charge is 0.342 e. The van der Waals surface area contributed by atoms with Gasteiger partial charge < -0.3 is 33.2 Å². The van der Waals surface area contributed by atoms with Crippen LogP contribution in [0, 0.1) is 5.92 Å². The van der Waals surface area contributed by atoms with Gasteiger partial charge in [-0.1, -0.05) is 63.0 Å². The lowest BCUT2D eigenvalue weighted by Crippen LogP contribution is -2.37. The Balaban J connectivity index is 1.73. The third-order valence-electron chi connectivity index (χ3n) is 7.86. The Morgan fingerprint density at radius 1 is 1.02 bits per heavy atom. The van der Waals surface area contributed by atoms with Gasteiger partial charge in [-0.05, 0) is 63.1 Å². The molecule has 9 nitrogen and oxygen atoms in total. The number of hydrogen-bond acceptors (Lipinski definition) is 9. The molecule has 0 N–H and O–H groups in total. The van der Waals surface area contributed by atoms with E-state index in [1.807, 2.05) is 58.1 Å². The number of benzene rings is 2. The highest BCUT2D eigenvalue weighted by atomic mass is 28.3. The van der Waals surface area contributed by atoms with Crippen LogP contribution in [0.1, 0.15) is 60.4 Å². The van der Waals surface area contributed by atoms with Gasteiger partial charge in [-0.25, -0.2) is 9.59 Å². The number of ether oxygens (including phenoxy) is 7. The number of hydrogen-bond donors (Lipinski definition) is 0. The van der Waals surface area contributed by atoms with Crippen molar-refractivity contribution in [2.45, 2.75) is 90.0 Å². The number of esters is 2. The number of rotatable bonds is 9. The lowest BCUT2D eigenvalue weighted by atomic mass is 9.98. The minimum Gasteiger partial charge on any atom is -0.494 e. The Labute approximate surface area is 273 Å². The Morgan fingerprint density at radius 2 is 1.76 bits per heavy atom. The fraction of sp³-hybridized carbons (Fsp3) is 0.500. The molecule has 0 saturated carbocycles. The van der Waals surface area contributed by atoms with Gasteiger partial charge in [0.2, 0.25) is 0 Å².